The van der Waals surface area contributed by atoms with Crippen molar-refractivity contribution >= 4 is 10.1 Å². The quantitative estimate of drug-likeness (QED) is 0.501. The van der Waals surface area contributed by atoms with Crippen LogP contribution in [0.4, 0.5) is 0 Å². The van der Waals surface area contributed by atoms with Crippen LogP contribution in [0, 0.1) is 11.3 Å². The second kappa shape index (κ2) is 6.11. The molecule has 0 aromatic carbocycles. The molecule has 1 rings (SSSR count). The minimum absolute atomic E-state index is 0.604. The van der Waals surface area contributed by atoms with E-state index in [-0.39, 0.29) is 0 Å². The van der Waals surface area contributed by atoms with Gasteiger partial charge in [0.05, 0.1) is 21.8 Å². The SMILES string of the molecule is CC[n+]1ccc(C#N)cc1.CS(=O)(=O)[O-]. The highest BCUT2D eigenvalue weighted by molar-refractivity contribution is 7.84. The third-order valence-corrected chi connectivity index (χ3v) is 1.39. The molecular formula is C9H12N2O3S. The largest absolute Gasteiger partial charge is 0.748 e. The summed E-state index contributed by atoms with van der Waals surface area (Å²) in [5, 5.41) is 8.44. The molecule has 1 aromatic heterocycles. The highest BCUT2D eigenvalue weighted by Crippen LogP contribution is 1.89. The minimum Gasteiger partial charge on any atom is -0.748 e. The molecule has 0 amide bonds. The number of rotatable bonds is 1. The Morgan fingerprint density at radius 3 is 2.13 bits per heavy atom. The van der Waals surface area contributed by atoms with Crippen molar-refractivity contribution in [1.82, 2.24) is 0 Å². The summed E-state index contributed by atoms with van der Waals surface area (Å²) >= 11 is 0. The van der Waals surface area contributed by atoms with Gasteiger partial charge in [0.25, 0.3) is 0 Å². The van der Waals surface area contributed by atoms with Crippen molar-refractivity contribution in [1.29, 1.82) is 5.26 Å². The third-order valence-electron chi connectivity index (χ3n) is 1.39. The lowest BCUT2D eigenvalue weighted by Gasteiger charge is -1.90. The zero-order valence-electron chi connectivity index (χ0n) is 8.54. The zero-order chi connectivity index (χ0) is 11.9. The van der Waals surface area contributed by atoms with Gasteiger partial charge in [-0.05, 0) is 6.92 Å². The Labute approximate surface area is 89.3 Å². The predicted octanol–water partition coefficient (Wildman–Crippen LogP) is 0.0271. The predicted molar refractivity (Wildman–Crippen MR) is 52.6 cm³/mol. The number of pyridine rings is 1. The Balaban J connectivity index is 0.000000336. The molecule has 0 aliphatic carbocycles. The molecule has 1 heterocycles. The highest BCUT2D eigenvalue weighted by Gasteiger charge is 1.94. The summed E-state index contributed by atoms with van der Waals surface area (Å²) in [5.41, 5.74) is 0.713. The van der Waals surface area contributed by atoms with Crippen LogP contribution in [0.15, 0.2) is 24.5 Å². The van der Waals surface area contributed by atoms with Crippen LogP contribution in [0.25, 0.3) is 0 Å². The molecule has 0 aliphatic rings. The third kappa shape index (κ3) is 8.87. The molecule has 0 fully saturated rings. The summed E-state index contributed by atoms with van der Waals surface area (Å²) < 4.78 is 29.2. The summed E-state index contributed by atoms with van der Waals surface area (Å²) in [6.07, 6.45) is 4.41. The van der Waals surface area contributed by atoms with E-state index in [1.165, 1.54) is 0 Å². The summed E-state index contributed by atoms with van der Waals surface area (Å²) in [6.45, 7) is 3.01. The summed E-state index contributed by atoms with van der Waals surface area (Å²) in [5.74, 6) is 0. The Kier molecular flexibility index (Phi) is 5.52. The standard InChI is InChI=1S/C8H9N2.CH4O3S/c1-2-10-5-3-8(7-9)4-6-10;1-5(2,3)4/h3-6H,2H2,1H3;1H3,(H,2,3,4)/q+1;/p-1. The Morgan fingerprint density at radius 2 is 1.87 bits per heavy atom. The van der Waals surface area contributed by atoms with Gasteiger partial charge in [-0.2, -0.15) is 5.26 Å². The number of aromatic nitrogens is 1. The van der Waals surface area contributed by atoms with Crippen molar-refractivity contribution in [2.75, 3.05) is 6.26 Å². The summed E-state index contributed by atoms with van der Waals surface area (Å²) in [6, 6.07) is 5.68. The van der Waals surface area contributed by atoms with E-state index in [2.05, 4.69) is 13.0 Å². The van der Waals surface area contributed by atoms with Gasteiger partial charge in [0.1, 0.15) is 6.54 Å². The van der Waals surface area contributed by atoms with Gasteiger partial charge in [-0.15, -0.1) is 0 Å². The van der Waals surface area contributed by atoms with E-state index < -0.39 is 10.1 Å². The average molecular weight is 228 g/mol. The lowest BCUT2D eigenvalue weighted by atomic mass is 10.3. The van der Waals surface area contributed by atoms with Crippen LogP contribution >= 0.6 is 0 Å². The lowest BCUT2D eigenvalue weighted by Crippen LogP contribution is -2.30. The van der Waals surface area contributed by atoms with Crippen LogP contribution < -0.4 is 4.57 Å². The molecule has 1 aromatic rings. The minimum atomic E-state index is -3.92. The Morgan fingerprint density at radius 1 is 1.47 bits per heavy atom. The van der Waals surface area contributed by atoms with Gasteiger partial charge in [-0.1, -0.05) is 0 Å². The molecule has 6 heteroatoms. The van der Waals surface area contributed by atoms with E-state index in [0.717, 1.165) is 6.54 Å². The molecule has 0 atom stereocenters. The number of hydrogen-bond acceptors (Lipinski definition) is 4. The van der Waals surface area contributed by atoms with E-state index >= 15 is 0 Å². The second-order valence-corrected chi connectivity index (χ2v) is 4.14. The van der Waals surface area contributed by atoms with E-state index in [0.29, 0.717) is 11.8 Å². The fraction of sp³-hybridized carbons (Fsp3) is 0.333. The normalized spacial score (nSPS) is 9.73. The van der Waals surface area contributed by atoms with Gasteiger partial charge in [-0.3, -0.25) is 0 Å². The van der Waals surface area contributed by atoms with Crippen LogP contribution in [0.1, 0.15) is 12.5 Å². The Bertz CT molecular complexity index is 423. The molecule has 0 aliphatic heterocycles. The first-order valence-electron chi connectivity index (χ1n) is 4.17. The van der Waals surface area contributed by atoms with E-state index in [1.54, 1.807) is 0 Å². The molecule has 82 valence electrons. The first-order chi connectivity index (χ1) is 6.86. The maximum absolute atomic E-state index is 9.08. The molecule has 0 saturated heterocycles. The fourth-order valence-electron chi connectivity index (χ4n) is 0.743. The molecular weight excluding hydrogens is 216 g/mol. The molecule has 0 spiro atoms. The lowest BCUT2D eigenvalue weighted by molar-refractivity contribution is -0.693. The average Bonchev–Trinajstić information content (AvgIpc) is 2.15. The maximum Gasteiger partial charge on any atom is 0.170 e. The van der Waals surface area contributed by atoms with Gasteiger partial charge in [-0.25, -0.2) is 13.0 Å². The smallest absolute Gasteiger partial charge is 0.170 e. The van der Waals surface area contributed by atoms with E-state index in [4.69, 9.17) is 18.2 Å². The molecule has 5 nitrogen and oxygen atoms in total. The summed E-state index contributed by atoms with van der Waals surface area (Å²) in [4.78, 5) is 0. The molecule has 0 radical (unpaired) electrons. The first kappa shape index (κ1) is 13.5. The zero-order valence-corrected chi connectivity index (χ0v) is 9.36. The molecule has 0 N–H and O–H groups in total. The number of aryl methyl sites for hydroxylation is 1. The van der Waals surface area contributed by atoms with Crippen LogP contribution in [-0.4, -0.2) is 19.2 Å². The maximum atomic E-state index is 9.08. The molecule has 0 saturated carbocycles. The number of hydrogen-bond donors (Lipinski definition) is 0. The van der Waals surface area contributed by atoms with Gasteiger partial charge >= 0.3 is 0 Å². The van der Waals surface area contributed by atoms with Crippen molar-refractivity contribution in [3.8, 4) is 6.07 Å². The van der Waals surface area contributed by atoms with Crippen molar-refractivity contribution in [2.45, 2.75) is 13.5 Å². The van der Waals surface area contributed by atoms with Crippen LogP contribution in [-0.2, 0) is 16.7 Å². The van der Waals surface area contributed by atoms with Crippen molar-refractivity contribution in [3.05, 3.63) is 30.1 Å². The van der Waals surface area contributed by atoms with Crippen molar-refractivity contribution in [2.24, 2.45) is 0 Å². The first-order valence-corrected chi connectivity index (χ1v) is 5.98. The van der Waals surface area contributed by atoms with Gasteiger partial charge in [0, 0.05) is 18.4 Å². The van der Waals surface area contributed by atoms with Gasteiger partial charge < -0.3 is 4.55 Å². The van der Waals surface area contributed by atoms with E-state index in [1.807, 2.05) is 29.1 Å². The fourth-order valence-corrected chi connectivity index (χ4v) is 0.743. The number of nitriles is 1. The Hall–Kier alpha value is -1.45. The van der Waals surface area contributed by atoms with Crippen molar-refractivity contribution in [3.63, 3.8) is 0 Å². The molecule has 0 bridgehead atoms. The molecule has 15 heavy (non-hydrogen) atoms. The topological polar surface area (TPSA) is 84.9 Å². The summed E-state index contributed by atoms with van der Waals surface area (Å²) in [7, 11) is -3.92. The van der Waals surface area contributed by atoms with Crippen molar-refractivity contribution < 1.29 is 17.5 Å². The van der Waals surface area contributed by atoms with Crippen LogP contribution in [0.5, 0.6) is 0 Å². The monoisotopic (exact) mass is 228 g/mol. The van der Waals surface area contributed by atoms with Gasteiger partial charge in [0.2, 0.25) is 0 Å². The second-order valence-electron chi connectivity index (χ2n) is 2.73. The van der Waals surface area contributed by atoms with Crippen LogP contribution in [0.2, 0.25) is 0 Å². The van der Waals surface area contributed by atoms with Gasteiger partial charge in [0.15, 0.2) is 12.4 Å². The molecule has 0 unspecified atom stereocenters. The number of nitrogens with zero attached hydrogens (tertiary/aromatic N) is 2. The van der Waals surface area contributed by atoms with E-state index in [9.17, 15) is 0 Å². The highest BCUT2D eigenvalue weighted by atomic mass is 32.2. The van der Waals surface area contributed by atoms with Crippen LogP contribution in [0.3, 0.4) is 0 Å².